The average Bonchev–Trinajstić information content (AvgIpc) is 3.08. The number of carbonyl (C=O) groups is 2. The van der Waals surface area contributed by atoms with E-state index in [-0.39, 0.29) is 23.1 Å². The van der Waals surface area contributed by atoms with Crippen LogP contribution in [0.15, 0.2) is 59.5 Å². The van der Waals surface area contributed by atoms with E-state index in [4.69, 9.17) is 32.7 Å². The molecule has 0 saturated carbocycles. The summed E-state index contributed by atoms with van der Waals surface area (Å²) >= 11 is 15.2. The Balaban J connectivity index is 1.54. The lowest BCUT2D eigenvalue weighted by Gasteiger charge is -2.14. The number of nitrogens with zero attached hydrogens (tertiary/aromatic N) is 1. The molecule has 1 aliphatic heterocycles. The minimum absolute atomic E-state index is 0.0448. The van der Waals surface area contributed by atoms with Crippen molar-refractivity contribution in [2.45, 2.75) is 13.2 Å². The molecule has 0 bridgehead atoms. The van der Waals surface area contributed by atoms with Crippen LogP contribution < -0.4 is 9.47 Å². The lowest BCUT2D eigenvalue weighted by atomic mass is 10.1. The SMILES string of the molecule is COc1cc(/C=C2/SC(=O)N(Cc3ccc(F)cc3Cl)C2=O)cc(I)c1OCc1ccccc1Cl. The molecular formula is C25H17Cl2FINO4S. The molecule has 5 nitrogen and oxygen atoms in total. The summed E-state index contributed by atoms with van der Waals surface area (Å²) in [4.78, 5) is 26.8. The monoisotopic (exact) mass is 643 g/mol. The molecule has 0 atom stereocenters. The molecule has 4 rings (SSSR count). The number of rotatable bonds is 7. The van der Waals surface area contributed by atoms with Gasteiger partial charge in [0, 0.05) is 15.6 Å². The fourth-order valence-corrected chi connectivity index (χ4v) is 5.37. The summed E-state index contributed by atoms with van der Waals surface area (Å²) in [7, 11) is 1.53. The first kappa shape index (κ1) is 25.8. The number of hydrogen-bond donors (Lipinski definition) is 0. The highest BCUT2D eigenvalue weighted by Crippen LogP contribution is 2.38. The number of thioether (sulfide) groups is 1. The fourth-order valence-electron chi connectivity index (χ4n) is 3.34. The summed E-state index contributed by atoms with van der Waals surface area (Å²) in [6.07, 6.45) is 1.62. The maximum absolute atomic E-state index is 13.3. The largest absolute Gasteiger partial charge is 0.493 e. The van der Waals surface area contributed by atoms with Crippen LogP contribution in [0.2, 0.25) is 10.0 Å². The molecule has 1 fully saturated rings. The van der Waals surface area contributed by atoms with E-state index in [0.717, 1.165) is 31.9 Å². The molecular weight excluding hydrogens is 627 g/mol. The van der Waals surface area contributed by atoms with Crippen LogP contribution in [0, 0.1) is 9.39 Å². The molecule has 0 N–H and O–H groups in total. The van der Waals surface area contributed by atoms with Crippen LogP contribution in [-0.4, -0.2) is 23.2 Å². The second-order valence-electron chi connectivity index (χ2n) is 7.42. The molecule has 10 heteroatoms. The smallest absolute Gasteiger partial charge is 0.293 e. The number of halogens is 4. The topological polar surface area (TPSA) is 55.8 Å². The summed E-state index contributed by atoms with van der Waals surface area (Å²) in [5.41, 5.74) is 1.99. The lowest BCUT2D eigenvalue weighted by Crippen LogP contribution is -2.27. The summed E-state index contributed by atoms with van der Waals surface area (Å²) in [5.74, 6) is 0.0841. The molecule has 35 heavy (non-hydrogen) atoms. The number of amides is 2. The van der Waals surface area contributed by atoms with E-state index >= 15 is 0 Å². The van der Waals surface area contributed by atoms with Gasteiger partial charge in [0.25, 0.3) is 11.1 Å². The zero-order chi connectivity index (χ0) is 25.1. The minimum atomic E-state index is -0.490. The van der Waals surface area contributed by atoms with E-state index in [9.17, 15) is 14.0 Å². The second kappa shape index (κ2) is 11.2. The van der Waals surface area contributed by atoms with Gasteiger partial charge in [-0.15, -0.1) is 0 Å². The van der Waals surface area contributed by atoms with Crippen molar-refractivity contribution in [3.8, 4) is 11.5 Å². The van der Waals surface area contributed by atoms with Crippen molar-refractivity contribution in [2.24, 2.45) is 0 Å². The Morgan fingerprint density at radius 2 is 1.83 bits per heavy atom. The Morgan fingerprint density at radius 1 is 1.06 bits per heavy atom. The quantitative estimate of drug-likeness (QED) is 0.196. The Kier molecular flexibility index (Phi) is 8.26. The zero-order valence-corrected chi connectivity index (χ0v) is 22.7. The summed E-state index contributed by atoms with van der Waals surface area (Å²) in [6, 6.07) is 14.8. The van der Waals surface area contributed by atoms with Gasteiger partial charge in [0.15, 0.2) is 11.5 Å². The van der Waals surface area contributed by atoms with E-state index in [1.165, 1.54) is 19.2 Å². The van der Waals surface area contributed by atoms with E-state index in [0.29, 0.717) is 27.6 Å². The van der Waals surface area contributed by atoms with Crippen molar-refractivity contribution >= 4 is 74.8 Å². The average molecular weight is 644 g/mol. The zero-order valence-electron chi connectivity index (χ0n) is 18.2. The lowest BCUT2D eigenvalue weighted by molar-refractivity contribution is -0.123. The summed E-state index contributed by atoms with van der Waals surface area (Å²) in [6.45, 7) is 0.215. The number of ether oxygens (including phenoxy) is 2. The van der Waals surface area contributed by atoms with Crippen molar-refractivity contribution in [1.82, 2.24) is 4.90 Å². The van der Waals surface area contributed by atoms with Crippen LogP contribution in [0.25, 0.3) is 6.08 Å². The maximum atomic E-state index is 13.3. The van der Waals surface area contributed by atoms with Crippen LogP contribution in [0.5, 0.6) is 11.5 Å². The van der Waals surface area contributed by atoms with Crippen LogP contribution >= 0.6 is 57.6 Å². The molecule has 0 radical (unpaired) electrons. The third-order valence-electron chi connectivity index (χ3n) is 5.10. The van der Waals surface area contributed by atoms with Gasteiger partial charge in [-0.25, -0.2) is 4.39 Å². The van der Waals surface area contributed by atoms with E-state index < -0.39 is 17.0 Å². The minimum Gasteiger partial charge on any atom is -0.493 e. The molecule has 1 heterocycles. The van der Waals surface area contributed by atoms with Gasteiger partial charge in [-0.3, -0.25) is 14.5 Å². The number of carbonyl (C=O) groups excluding carboxylic acids is 2. The Bertz CT molecular complexity index is 1350. The third-order valence-corrected chi connectivity index (χ3v) is 7.53. The summed E-state index contributed by atoms with van der Waals surface area (Å²) < 4.78 is 25.6. The van der Waals surface area contributed by atoms with Crippen molar-refractivity contribution in [1.29, 1.82) is 0 Å². The van der Waals surface area contributed by atoms with Crippen LogP contribution in [0.3, 0.4) is 0 Å². The second-order valence-corrected chi connectivity index (χ2v) is 10.4. The van der Waals surface area contributed by atoms with E-state index in [2.05, 4.69) is 22.6 Å². The predicted octanol–water partition coefficient (Wildman–Crippen LogP) is 7.56. The van der Waals surface area contributed by atoms with Crippen molar-refractivity contribution in [3.05, 3.63) is 95.6 Å². The van der Waals surface area contributed by atoms with Crippen molar-refractivity contribution < 1.29 is 23.5 Å². The highest BCUT2D eigenvalue weighted by Gasteiger charge is 2.35. The number of benzene rings is 3. The molecule has 0 unspecified atom stereocenters. The van der Waals surface area contributed by atoms with Gasteiger partial charge in [-0.05, 0) is 81.9 Å². The highest BCUT2D eigenvalue weighted by molar-refractivity contribution is 14.1. The molecule has 0 spiro atoms. The molecule has 1 saturated heterocycles. The van der Waals surface area contributed by atoms with Crippen LogP contribution in [-0.2, 0) is 17.9 Å². The van der Waals surface area contributed by atoms with Crippen LogP contribution in [0.1, 0.15) is 16.7 Å². The standard InChI is InChI=1S/C25H17Cl2FINO4S/c1-33-21-9-14(8-20(29)23(21)34-13-16-4-2-3-5-18(16)26)10-22-24(31)30(25(32)35-22)12-15-6-7-17(28)11-19(15)27/h2-11H,12-13H2,1H3/b22-10+. The predicted molar refractivity (Wildman–Crippen MR) is 144 cm³/mol. The number of hydrogen-bond acceptors (Lipinski definition) is 5. The summed E-state index contributed by atoms with van der Waals surface area (Å²) in [5, 5.41) is 0.332. The van der Waals surface area contributed by atoms with Gasteiger partial charge in [0.1, 0.15) is 12.4 Å². The fraction of sp³-hybridized carbons (Fsp3) is 0.120. The Labute approximate surface area is 229 Å². The van der Waals surface area contributed by atoms with Gasteiger partial charge in [-0.1, -0.05) is 47.5 Å². The molecule has 1 aliphatic rings. The number of methoxy groups -OCH3 is 1. The molecule has 2 amide bonds. The first-order chi connectivity index (χ1) is 16.8. The van der Waals surface area contributed by atoms with E-state index in [1.54, 1.807) is 18.2 Å². The Morgan fingerprint density at radius 3 is 2.54 bits per heavy atom. The third kappa shape index (κ3) is 5.94. The molecule has 0 aromatic heterocycles. The van der Waals surface area contributed by atoms with Crippen molar-refractivity contribution in [2.75, 3.05) is 7.11 Å². The Hall–Kier alpha value is -2.27. The molecule has 3 aromatic rings. The first-order valence-corrected chi connectivity index (χ1v) is 12.8. The van der Waals surface area contributed by atoms with Gasteiger partial charge in [0.2, 0.25) is 0 Å². The van der Waals surface area contributed by atoms with Gasteiger partial charge < -0.3 is 9.47 Å². The molecule has 0 aliphatic carbocycles. The first-order valence-electron chi connectivity index (χ1n) is 10.2. The normalized spacial score (nSPS) is 14.7. The van der Waals surface area contributed by atoms with Gasteiger partial charge >= 0.3 is 0 Å². The van der Waals surface area contributed by atoms with Gasteiger partial charge in [0.05, 0.1) is 22.1 Å². The highest BCUT2D eigenvalue weighted by atomic mass is 127. The number of imide groups is 1. The maximum Gasteiger partial charge on any atom is 0.293 e. The van der Waals surface area contributed by atoms with Crippen molar-refractivity contribution in [3.63, 3.8) is 0 Å². The van der Waals surface area contributed by atoms with Gasteiger partial charge in [-0.2, -0.15) is 0 Å². The van der Waals surface area contributed by atoms with Crippen LogP contribution in [0.4, 0.5) is 9.18 Å². The molecule has 3 aromatic carbocycles. The molecule has 180 valence electrons. The van der Waals surface area contributed by atoms with E-state index in [1.807, 2.05) is 24.3 Å².